The zero-order valence-corrected chi connectivity index (χ0v) is 13.5. The van der Waals surface area contributed by atoms with E-state index < -0.39 is 0 Å². The van der Waals surface area contributed by atoms with Crippen molar-refractivity contribution in [2.45, 2.75) is 13.3 Å². The molecule has 2 aromatic carbocycles. The number of carbonyl (C=O) groups excluding carboxylic acids is 1. The van der Waals surface area contributed by atoms with E-state index >= 15 is 0 Å². The number of halogens is 1. The Morgan fingerprint density at radius 3 is 2.27 bits per heavy atom. The van der Waals surface area contributed by atoms with Crippen LogP contribution in [0.3, 0.4) is 0 Å². The van der Waals surface area contributed by atoms with E-state index in [1.54, 1.807) is 24.3 Å². The molecule has 0 radical (unpaired) electrons. The summed E-state index contributed by atoms with van der Waals surface area (Å²) in [6.45, 7) is 2.07. The van der Waals surface area contributed by atoms with Crippen molar-refractivity contribution >= 4 is 23.2 Å². The van der Waals surface area contributed by atoms with Crippen molar-refractivity contribution in [3.05, 3.63) is 52.5 Å². The maximum Gasteiger partial charge on any atom is 0.255 e. The van der Waals surface area contributed by atoms with Crippen molar-refractivity contribution < 1.29 is 14.3 Å². The van der Waals surface area contributed by atoms with Crippen LogP contribution in [0.5, 0.6) is 11.5 Å². The molecule has 0 saturated carbocycles. The van der Waals surface area contributed by atoms with Gasteiger partial charge in [0, 0.05) is 11.6 Å². The summed E-state index contributed by atoms with van der Waals surface area (Å²) in [6.07, 6.45) is 0.934. The Hall–Kier alpha value is -2.20. The highest BCUT2D eigenvalue weighted by atomic mass is 35.5. The summed E-state index contributed by atoms with van der Waals surface area (Å²) in [4.78, 5) is 12.3. The van der Waals surface area contributed by atoms with Crippen LogP contribution < -0.4 is 14.8 Å². The number of nitrogens with one attached hydrogen (secondary N) is 1. The standard InChI is InChI=1S/C17H18ClNO3/c1-4-11-5-7-12(8-6-11)17(20)19-14-9-13(18)15(21-2)10-16(14)22-3/h5-10H,4H2,1-3H3,(H,19,20). The summed E-state index contributed by atoms with van der Waals surface area (Å²) in [6, 6.07) is 10.7. The first-order chi connectivity index (χ1) is 10.6. The lowest BCUT2D eigenvalue weighted by atomic mass is 10.1. The number of anilines is 1. The number of methoxy groups -OCH3 is 2. The van der Waals surface area contributed by atoms with Crippen LogP contribution in [0, 0.1) is 0 Å². The first kappa shape index (κ1) is 16.2. The number of benzene rings is 2. The lowest BCUT2D eigenvalue weighted by molar-refractivity contribution is 0.102. The average Bonchev–Trinajstić information content (AvgIpc) is 2.55. The van der Waals surface area contributed by atoms with Crippen LogP contribution >= 0.6 is 11.6 Å². The molecule has 2 rings (SSSR count). The molecule has 0 fully saturated rings. The zero-order valence-electron chi connectivity index (χ0n) is 12.8. The van der Waals surface area contributed by atoms with E-state index in [-0.39, 0.29) is 5.91 Å². The third kappa shape index (κ3) is 3.52. The van der Waals surface area contributed by atoms with Crippen molar-refractivity contribution in [2.24, 2.45) is 0 Å². The Kier molecular flexibility index (Phi) is 5.28. The van der Waals surface area contributed by atoms with Gasteiger partial charge in [-0.25, -0.2) is 0 Å². The van der Waals surface area contributed by atoms with Crippen LogP contribution in [-0.2, 0) is 6.42 Å². The van der Waals surface area contributed by atoms with Crippen LogP contribution in [-0.4, -0.2) is 20.1 Å². The minimum Gasteiger partial charge on any atom is -0.495 e. The molecular weight excluding hydrogens is 302 g/mol. The lowest BCUT2D eigenvalue weighted by Gasteiger charge is -2.13. The van der Waals surface area contributed by atoms with Gasteiger partial charge in [0.25, 0.3) is 5.91 Å². The van der Waals surface area contributed by atoms with Crippen LogP contribution in [0.15, 0.2) is 36.4 Å². The molecular formula is C17H18ClNO3. The minimum atomic E-state index is -0.220. The molecule has 2 aromatic rings. The normalized spacial score (nSPS) is 10.2. The minimum absolute atomic E-state index is 0.220. The van der Waals surface area contributed by atoms with Gasteiger partial charge in [-0.1, -0.05) is 30.7 Å². The quantitative estimate of drug-likeness (QED) is 0.899. The lowest BCUT2D eigenvalue weighted by Crippen LogP contribution is -2.12. The molecule has 22 heavy (non-hydrogen) atoms. The van der Waals surface area contributed by atoms with E-state index in [4.69, 9.17) is 21.1 Å². The van der Waals surface area contributed by atoms with Gasteiger partial charge in [-0.15, -0.1) is 0 Å². The van der Waals surface area contributed by atoms with E-state index in [0.717, 1.165) is 6.42 Å². The summed E-state index contributed by atoms with van der Waals surface area (Å²) < 4.78 is 10.4. The van der Waals surface area contributed by atoms with E-state index in [0.29, 0.717) is 27.8 Å². The number of carbonyl (C=O) groups is 1. The van der Waals surface area contributed by atoms with Crippen molar-refractivity contribution in [3.63, 3.8) is 0 Å². The van der Waals surface area contributed by atoms with Gasteiger partial charge in [0.2, 0.25) is 0 Å². The van der Waals surface area contributed by atoms with E-state index in [1.165, 1.54) is 19.8 Å². The predicted molar refractivity (Wildman–Crippen MR) is 88.3 cm³/mol. The molecule has 0 aromatic heterocycles. The van der Waals surface area contributed by atoms with E-state index in [1.807, 2.05) is 12.1 Å². The molecule has 0 saturated heterocycles. The van der Waals surface area contributed by atoms with E-state index in [2.05, 4.69) is 12.2 Å². The highest BCUT2D eigenvalue weighted by Crippen LogP contribution is 2.36. The Bertz CT molecular complexity index is 668. The summed E-state index contributed by atoms with van der Waals surface area (Å²) in [7, 11) is 3.04. The smallest absolute Gasteiger partial charge is 0.255 e. The summed E-state index contributed by atoms with van der Waals surface area (Å²) in [5.74, 6) is 0.755. The molecule has 0 atom stereocenters. The molecule has 4 nitrogen and oxygen atoms in total. The van der Waals surface area contributed by atoms with Crippen LogP contribution in [0.25, 0.3) is 0 Å². The first-order valence-electron chi connectivity index (χ1n) is 6.90. The largest absolute Gasteiger partial charge is 0.495 e. The highest BCUT2D eigenvalue weighted by Gasteiger charge is 2.13. The molecule has 0 aliphatic heterocycles. The predicted octanol–water partition coefficient (Wildman–Crippen LogP) is 4.17. The summed E-state index contributed by atoms with van der Waals surface area (Å²) >= 11 is 6.10. The van der Waals surface area contributed by atoms with Crippen molar-refractivity contribution in [3.8, 4) is 11.5 Å². The van der Waals surface area contributed by atoms with Crippen molar-refractivity contribution in [1.29, 1.82) is 0 Å². The number of aryl methyl sites for hydroxylation is 1. The van der Waals surface area contributed by atoms with Crippen molar-refractivity contribution in [2.75, 3.05) is 19.5 Å². The SMILES string of the molecule is CCc1ccc(C(=O)Nc2cc(Cl)c(OC)cc2OC)cc1. The molecule has 0 aliphatic rings. The van der Waals surface area contributed by atoms with Gasteiger partial charge in [0.1, 0.15) is 11.5 Å². The maximum absolute atomic E-state index is 12.3. The molecule has 0 bridgehead atoms. The van der Waals surface area contributed by atoms with Gasteiger partial charge in [-0.05, 0) is 30.2 Å². The zero-order chi connectivity index (χ0) is 16.1. The van der Waals surface area contributed by atoms with Gasteiger partial charge >= 0.3 is 0 Å². The summed E-state index contributed by atoms with van der Waals surface area (Å²) in [5, 5.41) is 3.21. The fourth-order valence-electron chi connectivity index (χ4n) is 2.04. The molecule has 0 heterocycles. The van der Waals surface area contributed by atoms with Crippen LogP contribution in [0.4, 0.5) is 5.69 Å². The maximum atomic E-state index is 12.3. The molecule has 5 heteroatoms. The van der Waals surface area contributed by atoms with Crippen molar-refractivity contribution in [1.82, 2.24) is 0 Å². The fraction of sp³-hybridized carbons (Fsp3) is 0.235. The van der Waals surface area contributed by atoms with Gasteiger partial charge in [0.05, 0.1) is 24.9 Å². The van der Waals surface area contributed by atoms with Gasteiger partial charge in [0.15, 0.2) is 0 Å². The number of amides is 1. The first-order valence-corrected chi connectivity index (χ1v) is 7.28. The second-order valence-electron chi connectivity index (χ2n) is 4.69. The number of hydrogen-bond donors (Lipinski definition) is 1. The van der Waals surface area contributed by atoms with Crippen LogP contribution in [0.2, 0.25) is 5.02 Å². The fourth-order valence-corrected chi connectivity index (χ4v) is 2.28. The third-order valence-corrected chi connectivity index (χ3v) is 3.64. The Balaban J connectivity index is 2.25. The topological polar surface area (TPSA) is 47.6 Å². The molecule has 116 valence electrons. The second-order valence-corrected chi connectivity index (χ2v) is 5.10. The summed E-state index contributed by atoms with van der Waals surface area (Å²) in [5.41, 5.74) is 2.26. The average molecular weight is 320 g/mol. The molecule has 0 aliphatic carbocycles. The Morgan fingerprint density at radius 2 is 1.73 bits per heavy atom. The van der Waals surface area contributed by atoms with Crippen LogP contribution in [0.1, 0.15) is 22.8 Å². The second kappa shape index (κ2) is 7.18. The number of ether oxygens (including phenoxy) is 2. The number of rotatable bonds is 5. The Morgan fingerprint density at radius 1 is 1.09 bits per heavy atom. The van der Waals surface area contributed by atoms with Gasteiger partial charge in [-0.3, -0.25) is 4.79 Å². The number of hydrogen-bond acceptors (Lipinski definition) is 3. The third-order valence-electron chi connectivity index (χ3n) is 3.35. The van der Waals surface area contributed by atoms with Gasteiger partial charge in [-0.2, -0.15) is 0 Å². The molecule has 1 N–H and O–H groups in total. The molecule has 0 unspecified atom stereocenters. The molecule has 0 spiro atoms. The molecule has 1 amide bonds. The monoisotopic (exact) mass is 319 g/mol. The highest BCUT2D eigenvalue weighted by molar-refractivity contribution is 6.32. The Labute approximate surface area is 135 Å². The van der Waals surface area contributed by atoms with E-state index in [9.17, 15) is 4.79 Å². The van der Waals surface area contributed by atoms with Gasteiger partial charge < -0.3 is 14.8 Å².